The van der Waals surface area contributed by atoms with Crippen molar-refractivity contribution in [2.75, 3.05) is 14.2 Å². The highest BCUT2D eigenvalue weighted by molar-refractivity contribution is 5.64. The van der Waals surface area contributed by atoms with Gasteiger partial charge in [0.1, 0.15) is 17.2 Å². The second kappa shape index (κ2) is 7.71. The number of methoxy groups -OCH3 is 2. The zero-order valence-electron chi connectivity index (χ0n) is 12.7. The number of nitrogens with zero attached hydrogens (tertiary/aromatic N) is 2. The number of isocyanates is 2. The predicted octanol–water partition coefficient (Wildman–Crippen LogP) is 3.23. The fourth-order valence-electron chi connectivity index (χ4n) is 2.25. The molecular formula is C17H14N2O4. The SMILES string of the molecule is COc1cc(N=C=O)ccc1Cc1cccc(OC)c1N=C=O. The number of carbonyl (C=O) groups excluding carboxylic acids is 2. The molecule has 0 heterocycles. The predicted molar refractivity (Wildman–Crippen MR) is 84.4 cm³/mol. The Labute approximate surface area is 133 Å². The van der Waals surface area contributed by atoms with Crippen molar-refractivity contribution in [2.45, 2.75) is 6.42 Å². The summed E-state index contributed by atoms with van der Waals surface area (Å²) in [7, 11) is 3.04. The van der Waals surface area contributed by atoms with Crippen molar-refractivity contribution in [1.82, 2.24) is 0 Å². The zero-order valence-corrected chi connectivity index (χ0v) is 12.7. The molecule has 116 valence electrons. The van der Waals surface area contributed by atoms with E-state index in [1.165, 1.54) is 20.3 Å². The third-order valence-corrected chi connectivity index (χ3v) is 3.29. The molecule has 0 saturated carbocycles. The van der Waals surface area contributed by atoms with Gasteiger partial charge in [0, 0.05) is 12.5 Å². The molecule has 0 atom stereocenters. The Morgan fingerprint density at radius 3 is 2.30 bits per heavy atom. The van der Waals surface area contributed by atoms with E-state index in [4.69, 9.17) is 9.47 Å². The highest BCUT2D eigenvalue weighted by Crippen LogP contribution is 2.34. The van der Waals surface area contributed by atoms with Crippen molar-refractivity contribution in [1.29, 1.82) is 0 Å². The summed E-state index contributed by atoms with van der Waals surface area (Å²) in [5, 5.41) is 0. The number of hydrogen-bond acceptors (Lipinski definition) is 6. The Hall–Kier alpha value is -3.20. The van der Waals surface area contributed by atoms with Gasteiger partial charge in [0.2, 0.25) is 12.2 Å². The van der Waals surface area contributed by atoms with Crippen molar-refractivity contribution in [3.8, 4) is 11.5 Å². The van der Waals surface area contributed by atoms with Crippen LogP contribution in [0.3, 0.4) is 0 Å². The van der Waals surface area contributed by atoms with Gasteiger partial charge in [0.25, 0.3) is 0 Å². The average molecular weight is 310 g/mol. The van der Waals surface area contributed by atoms with Crippen LogP contribution in [0.15, 0.2) is 46.4 Å². The van der Waals surface area contributed by atoms with Gasteiger partial charge in [-0.1, -0.05) is 18.2 Å². The van der Waals surface area contributed by atoms with Crippen molar-refractivity contribution < 1.29 is 19.1 Å². The average Bonchev–Trinajstić information content (AvgIpc) is 2.58. The molecule has 0 fully saturated rings. The molecule has 0 aliphatic carbocycles. The van der Waals surface area contributed by atoms with E-state index >= 15 is 0 Å². The maximum Gasteiger partial charge on any atom is 0.240 e. The lowest BCUT2D eigenvalue weighted by Crippen LogP contribution is -1.95. The largest absolute Gasteiger partial charge is 0.496 e. The van der Waals surface area contributed by atoms with Gasteiger partial charge in [-0.15, -0.1) is 0 Å². The minimum absolute atomic E-state index is 0.432. The molecule has 2 aromatic rings. The van der Waals surface area contributed by atoms with E-state index in [-0.39, 0.29) is 0 Å². The number of para-hydroxylation sites is 1. The van der Waals surface area contributed by atoms with Crippen LogP contribution >= 0.6 is 0 Å². The minimum atomic E-state index is 0.432. The Morgan fingerprint density at radius 2 is 1.65 bits per heavy atom. The third-order valence-electron chi connectivity index (χ3n) is 3.29. The molecule has 0 saturated heterocycles. The molecule has 6 nitrogen and oxygen atoms in total. The first-order chi connectivity index (χ1) is 11.2. The number of benzene rings is 2. The number of hydrogen-bond donors (Lipinski definition) is 0. The Balaban J connectivity index is 2.47. The van der Waals surface area contributed by atoms with Crippen LogP contribution in [0.4, 0.5) is 11.4 Å². The maximum atomic E-state index is 10.7. The molecule has 0 aromatic heterocycles. The molecule has 0 unspecified atom stereocenters. The zero-order chi connectivity index (χ0) is 16.7. The molecule has 2 aromatic carbocycles. The summed E-state index contributed by atoms with van der Waals surface area (Å²) in [5.41, 5.74) is 2.53. The molecule has 23 heavy (non-hydrogen) atoms. The lowest BCUT2D eigenvalue weighted by atomic mass is 10.0. The van der Waals surface area contributed by atoms with Crippen molar-refractivity contribution in [3.63, 3.8) is 0 Å². The third kappa shape index (κ3) is 3.71. The van der Waals surface area contributed by atoms with Gasteiger partial charge in [-0.05, 0) is 23.3 Å². The molecule has 0 spiro atoms. The van der Waals surface area contributed by atoms with Crippen molar-refractivity contribution >= 4 is 23.5 Å². The fraction of sp³-hybridized carbons (Fsp3) is 0.176. The lowest BCUT2D eigenvalue weighted by molar-refractivity contribution is 0.410. The van der Waals surface area contributed by atoms with E-state index in [9.17, 15) is 9.59 Å². The van der Waals surface area contributed by atoms with Crippen LogP contribution in [0.25, 0.3) is 0 Å². The van der Waals surface area contributed by atoms with Gasteiger partial charge in [-0.25, -0.2) is 9.59 Å². The lowest BCUT2D eigenvalue weighted by Gasteiger charge is -2.12. The van der Waals surface area contributed by atoms with Gasteiger partial charge in [0.05, 0.1) is 19.9 Å². The summed E-state index contributed by atoms with van der Waals surface area (Å²) < 4.78 is 10.6. The van der Waals surface area contributed by atoms with E-state index in [0.29, 0.717) is 29.3 Å². The van der Waals surface area contributed by atoms with Gasteiger partial charge >= 0.3 is 0 Å². The first-order valence-electron chi connectivity index (χ1n) is 6.72. The monoisotopic (exact) mass is 310 g/mol. The summed E-state index contributed by atoms with van der Waals surface area (Å²) in [4.78, 5) is 28.3. The van der Waals surface area contributed by atoms with Gasteiger partial charge < -0.3 is 9.47 Å². The van der Waals surface area contributed by atoms with E-state index < -0.39 is 0 Å². The highest BCUT2D eigenvalue weighted by Gasteiger charge is 2.12. The molecular weight excluding hydrogens is 296 g/mol. The molecule has 2 rings (SSSR count). The van der Waals surface area contributed by atoms with Crippen LogP contribution in [0.1, 0.15) is 11.1 Å². The summed E-state index contributed by atoms with van der Waals surface area (Å²) in [6.45, 7) is 0. The smallest absolute Gasteiger partial charge is 0.240 e. The molecule has 0 radical (unpaired) electrons. The van der Waals surface area contributed by atoms with Gasteiger partial charge in [-0.2, -0.15) is 9.98 Å². The first kappa shape index (κ1) is 16.2. The molecule has 0 amide bonds. The van der Waals surface area contributed by atoms with Crippen LogP contribution in [0.2, 0.25) is 0 Å². The summed E-state index contributed by atoms with van der Waals surface area (Å²) in [6, 6.07) is 10.5. The van der Waals surface area contributed by atoms with Crippen molar-refractivity contribution in [2.24, 2.45) is 9.98 Å². The number of ether oxygens (including phenoxy) is 2. The molecule has 0 bridgehead atoms. The number of rotatable bonds is 6. The van der Waals surface area contributed by atoms with E-state index in [1.807, 2.05) is 12.1 Å². The molecule has 0 aliphatic rings. The topological polar surface area (TPSA) is 77.3 Å². The van der Waals surface area contributed by atoms with E-state index in [2.05, 4.69) is 9.98 Å². The second-order valence-electron chi connectivity index (χ2n) is 4.55. The minimum Gasteiger partial charge on any atom is -0.496 e. The molecule has 0 aliphatic heterocycles. The highest BCUT2D eigenvalue weighted by atomic mass is 16.5. The standard InChI is InChI=1S/C17H14N2O4/c1-22-15-5-3-4-13(17(15)19-11-21)8-12-6-7-14(18-10-20)9-16(12)23-2/h3-7,9H,8H2,1-2H3. The summed E-state index contributed by atoms with van der Waals surface area (Å²) in [6.07, 6.45) is 3.50. The van der Waals surface area contributed by atoms with E-state index in [0.717, 1.165) is 11.1 Å². The summed E-state index contributed by atoms with van der Waals surface area (Å²) >= 11 is 0. The first-order valence-corrected chi connectivity index (χ1v) is 6.72. The maximum absolute atomic E-state index is 10.7. The second-order valence-corrected chi connectivity index (χ2v) is 4.55. The summed E-state index contributed by atoms with van der Waals surface area (Å²) in [5.74, 6) is 1.07. The molecule has 0 N–H and O–H groups in total. The molecule has 6 heteroatoms. The van der Waals surface area contributed by atoms with Crippen LogP contribution in [0.5, 0.6) is 11.5 Å². The van der Waals surface area contributed by atoms with Gasteiger partial charge in [-0.3, -0.25) is 0 Å². The Morgan fingerprint density at radius 1 is 0.913 bits per heavy atom. The Bertz CT molecular complexity index is 804. The van der Waals surface area contributed by atoms with Gasteiger partial charge in [0.15, 0.2) is 0 Å². The van der Waals surface area contributed by atoms with Crippen LogP contribution in [-0.2, 0) is 16.0 Å². The quantitative estimate of drug-likeness (QED) is 0.606. The van der Waals surface area contributed by atoms with Crippen molar-refractivity contribution in [3.05, 3.63) is 47.5 Å². The Kier molecular flexibility index (Phi) is 5.42. The van der Waals surface area contributed by atoms with Crippen LogP contribution in [-0.4, -0.2) is 26.4 Å². The normalized spacial score (nSPS) is 9.48. The fourth-order valence-corrected chi connectivity index (χ4v) is 2.25. The van der Waals surface area contributed by atoms with Crippen LogP contribution < -0.4 is 9.47 Å². The van der Waals surface area contributed by atoms with Crippen LogP contribution in [0, 0.1) is 0 Å². The number of aliphatic imine (C=N–C) groups is 2. The van der Waals surface area contributed by atoms with E-state index in [1.54, 1.807) is 30.3 Å².